The Hall–Kier alpha value is -3.32. The van der Waals surface area contributed by atoms with Gasteiger partial charge in [0, 0.05) is 11.8 Å². The maximum absolute atomic E-state index is 12.2. The number of carbonyl (C=O) groups is 1. The van der Waals surface area contributed by atoms with Gasteiger partial charge in [-0.15, -0.1) is 0 Å². The van der Waals surface area contributed by atoms with Gasteiger partial charge in [-0.25, -0.2) is 4.79 Å². The molecule has 7 heteroatoms. The van der Waals surface area contributed by atoms with Crippen molar-refractivity contribution in [3.8, 4) is 11.5 Å². The molecule has 0 fully saturated rings. The Labute approximate surface area is 151 Å². The molecule has 1 N–H and O–H groups in total. The van der Waals surface area contributed by atoms with Crippen LogP contribution in [0.5, 0.6) is 11.5 Å². The van der Waals surface area contributed by atoms with Crippen molar-refractivity contribution in [1.82, 2.24) is 0 Å². The van der Waals surface area contributed by atoms with Gasteiger partial charge < -0.3 is 8.92 Å². The number of carbonyl (C=O) groups excluding carboxylic acids is 1. The monoisotopic (exact) mass is 369 g/mol. The van der Waals surface area contributed by atoms with Crippen LogP contribution < -0.4 is 14.2 Å². The summed E-state index contributed by atoms with van der Waals surface area (Å²) in [5.41, 5.74) is 0.340. The van der Waals surface area contributed by atoms with E-state index in [0.717, 1.165) is 0 Å². The molecule has 3 rings (SSSR count). The first-order valence-corrected chi connectivity index (χ1v) is 9.07. The molecule has 1 amide bonds. The third kappa shape index (κ3) is 4.61. The lowest BCUT2D eigenvalue weighted by Gasteiger charge is -2.09. The van der Waals surface area contributed by atoms with Crippen LogP contribution in [0.15, 0.2) is 89.8 Å². The number of para-hydroxylation sites is 1. The molecule has 0 aliphatic rings. The molecule has 3 aromatic rings. The lowest BCUT2D eigenvalue weighted by Crippen LogP contribution is -2.16. The molecule has 0 saturated carbocycles. The maximum Gasteiger partial charge on any atom is 0.417 e. The van der Waals surface area contributed by atoms with E-state index in [2.05, 4.69) is 5.32 Å². The smallest absolute Gasteiger partial charge is 0.410 e. The zero-order valence-corrected chi connectivity index (χ0v) is 14.3. The molecule has 26 heavy (non-hydrogen) atoms. The lowest BCUT2D eigenvalue weighted by molar-refractivity contribution is 0.215. The standard InChI is InChI=1S/C19H15NO5S/c21-19(24-16-9-3-1-4-10-16)20-15-8-7-11-17(14-15)25-26(22,23)18-12-5-2-6-13-18/h1-14H,(H,20,21). The number of hydrogen-bond donors (Lipinski definition) is 1. The van der Waals surface area contributed by atoms with Crippen LogP contribution in [0.1, 0.15) is 0 Å². The molecule has 0 aliphatic heterocycles. The van der Waals surface area contributed by atoms with Crippen LogP contribution in [0.25, 0.3) is 0 Å². The molecular formula is C19H15NO5S. The minimum atomic E-state index is -3.95. The highest BCUT2D eigenvalue weighted by atomic mass is 32.2. The highest BCUT2D eigenvalue weighted by molar-refractivity contribution is 7.87. The SMILES string of the molecule is O=C(Nc1cccc(OS(=O)(=O)c2ccccc2)c1)Oc1ccccc1. The summed E-state index contributed by atoms with van der Waals surface area (Å²) in [5.74, 6) is 0.468. The van der Waals surface area contributed by atoms with Crippen molar-refractivity contribution < 1.29 is 22.1 Å². The molecule has 0 heterocycles. The summed E-state index contributed by atoms with van der Waals surface area (Å²) in [6.45, 7) is 0. The Morgan fingerprint density at radius 1 is 0.769 bits per heavy atom. The van der Waals surface area contributed by atoms with Crippen molar-refractivity contribution in [2.24, 2.45) is 0 Å². The van der Waals surface area contributed by atoms with Gasteiger partial charge in [-0.3, -0.25) is 5.32 Å². The number of rotatable bonds is 5. The topological polar surface area (TPSA) is 81.7 Å². The van der Waals surface area contributed by atoms with Gasteiger partial charge >= 0.3 is 16.2 Å². The maximum atomic E-state index is 12.2. The summed E-state index contributed by atoms with van der Waals surface area (Å²) in [6.07, 6.45) is -0.695. The average Bonchev–Trinajstić information content (AvgIpc) is 2.63. The molecule has 6 nitrogen and oxygen atoms in total. The van der Waals surface area contributed by atoms with Crippen molar-refractivity contribution >= 4 is 21.9 Å². The van der Waals surface area contributed by atoms with Gasteiger partial charge in [-0.1, -0.05) is 42.5 Å². The van der Waals surface area contributed by atoms with E-state index in [1.807, 2.05) is 0 Å². The Morgan fingerprint density at radius 3 is 2.08 bits per heavy atom. The Bertz CT molecular complexity index is 989. The largest absolute Gasteiger partial charge is 0.417 e. The average molecular weight is 369 g/mol. The molecule has 0 aliphatic carbocycles. The molecule has 0 bridgehead atoms. The number of amides is 1. The summed E-state index contributed by atoms with van der Waals surface area (Å²) in [4.78, 5) is 12.0. The first-order valence-electron chi connectivity index (χ1n) is 7.66. The molecule has 0 atom stereocenters. The summed E-state index contributed by atoms with van der Waals surface area (Å²) >= 11 is 0. The van der Waals surface area contributed by atoms with Crippen molar-refractivity contribution in [2.45, 2.75) is 4.90 Å². The van der Waals surface area contributed by atoms with Crippen LogP contribution in [0.3, 0.4) is 0 Å². The first-order chi connectivity index (χ1) is 12.5. The number of anilines is 1. The quantitative estimate of drug-likeness (QED) is 0.686. The molecule has 0 spiro atoms. The van der Waals surface area contributed by atoms with Crippen LogP contribution in [0.2, 0.25) is 0 Å². The Balaban J connectivity index is 1.69. The molecule has 132 valence electrons. The second-order valence-corrected chi connectivity index (χ2v) is 6.75. The van der Waals surface area contributed by atoms with E-state index in [4.69, 9.17) is 8.92 Å². The van der Waals surface area contributed by atoms with Crippen LogP contribution in [-0.2, 0) is 10.1 Å². The van der Waals surface area contributed by atoms with E-state index in [1.54, 1.807) is 60.7 Å². The predicted molar refractivity (Wildman–Crippen MR) is 96.8 cm³/mol. The van der Waals surface area contributed by atoms with E-state index in [9.17, 15) is 13.2 Å². The van der Waals surface area contributed by atoms with Crippen molar-refractivity contribution in [3.05, 3.63) is 84.9 Å². The zero-order valence-electron chi connectivity index (χ0n) is 13.5. The fourth-order valence-corrected chi connectivity index (χ4v) is 3.07. The van der Waals surface area contributed by atoms with E-state index >= 15 is 0 Å². The minimum absolute atomic E-state index is 0.0434. The normalized spacial score (nSPS) is 10.8. The summed E-state index contributed by atoms with van der Waals surface area (Å²) < 4.78 is 34.7. The minimum Gasteiger partial charge on any atom is -0.410 e. The van der Waals surface area contributed by atoms with Crippen LogP contribution >= 0.6 is 0 Å². The molecule has 0 unspecified atom stereocenters. The summed E-state index contributed by atoms with van der Waals surface area (Å²) in [6, 6.07) is 22.4. The molecule has 0 aromatic heterocycles. The molecule has 0 radical (unpaired) electrons. The number of nitrogens with one attached hydrogen (secondary N) is 1. The summed E-state index contributed by atoms with van der Waals surface area (Å²) in [7, 11) is -3.95. The molecule has 3 aromatic carbocycles. The lowest BCUT2D eigenvalue weighted by atomic mass is 10.3. The van der Waals surface area contributed by atoms with Crippen LogP contribution in [0, 0.1) is 0 Å². The third-order valence-electron chi connectivity index (χ3n) is 3.27. The Morgan fingerprint density at radius 2 is 1.38 bits per heavy atom. The van der Waals surface area contributed by atoms with Gasteiger partial charge in [0.1, 0.15) is 16.4 Å². The molecule has 0 saturated heterocycles. The fraction of sp³-hybridized carbons (Fsp3) is 0. The van der Waals surface area contributed by atoms with Gasteiger partial charge in [0.25, 0.3) is 0 Å². The fourth-order valence-electron chi connectivity index (χ4n) is 2.13. The van der Waals surface area contributed by atoms with E-state index in [1.165, 1.54) is 24.3 Å². The zero-order chi connectivity index (χ0) is 18.4. The van der Waals surface area contributed by atoms with Crippen molar-refractivity contribution in [1.29, 1.82) is 0 Å². The van der Waals surface area contributed by atoms with Crippen molar-refractivity contribution in [2.75, 3.05) is 5.32 Å². The van der Waals surface area contributed by atoms with Gasteiger partial charge in [-0.2, -0.15) is 8.42 Å². The number of benzene rings is 3. The summed E-state index contributed by atoms with van der Waals surface area (Å²) in [5, 5.41) is 2.52. The van der Waals surface area contributed by atoms with E-state index < -0.39 is 16.2 Å². The highest BCUT2D eigenvalue weighted by Crippen LogP contribution is 2.22. The van der Waals surface area contributed by atoms with Gasteiger partial charge in [0.05, 0.1) is 0 Å². The number of hydrogen-bond acceptors (Lipinski definition) is 5. The van der Waals surface area contributed by atoms with E-state index in [-0.39, 0.29) is 10.6 Å². The van der Waals surface area contributed by atoms with Gasteiger partial charge in [-0.05, 0) is 36.4 Å². The number of ether oxygens (including phenoxy) is 1. The second kappa shape index (κ2) is 7.71. The van der Waals surface area contributed by atoms with Crippen molar-refractivity contribution in [3.63, 3.8) is 0 Å². The van der Waals surface area contributed by atoms with Crippen LogP contribution in [-0.4, -0.2) is 14.5 Å². The molecular weight excluding hydrogens is 354 g/mol. The van der Waals surface area contributed by atoms with Gasteiger partial charge in [0.2, 0.25) is 0 Å². The van der Waals surface area contributed by atoms with E-state index in [0.29, 0.717) is 11.4 Å². The first kappa shape index (κ1) is 17.5. The Kier molecular flexibility index (Phi) is 5.19. The second-order valence-electron chi connectivity index (χ2n) is 5.21. The van der Waals surface area contributed by atoms with Crippen LogP contribution in [0.4, 0.5) is 10.5 Å². The van der Waals surface area contributed by atoms with Gasteiger partial charge in [0.15, 0.2) is 0 Å². The predicted octanol–water partition coefficient (Wildman–Crippen LogP) is 4.07. The third-order valence-corrected chi connectivity index (χ3v) is 4.53. The highest BCUT2D eigenvalue weighted by Gasteiger charge is 2.16.